The molecule has 0 aliphatic heterocycles. The largest absolute Gasteiger partial charge is 0.302 e. The molecule has 2 rings (SSSR count). The van der Waals surface area contributed by atoms with Crippen molar-refractivity contribution in [1.82, 2.24) is 25.1 Å². The molecule has 2 heterocycles. The first kappa shape index (κ1) is 11.7. The van der Waals surface area contributed by atoms with Crippen LogP contribution in [0.2, 0.25) is 0 Å². The summed E-state index contributed by atoms with van der Waals surface area (Å²) in [5, 5.41) is 7.53. The fourth-order valence-electron chi connectivity index (χ4n) is 1.67. The fourth-order valence-corrected chi connectivity index (χ4v) is 1.67. The molecule has 2 aromatic heterocycles. The van der Waals surface area contributed by atoms with E-state index in [1.165, 1.54) is 0 Å². The number of pyridine rings is 1. The third-order valence-corrected chi connectivity index (χ3v) is 2.69. The number of hydrogen-bond donors (Lipinski definition) is 1. The number of nitrogens with one attached hydrogen (secondary N) is 1. The van der Waals surface area contributed by atoms with Crippen LogP contribution in [0.15, 0.2) is 30.7 Å². The van der Waals surface area contributed by atoms with E-state index < -0.39 is 0 Å². The summed E-state index contributed by atoms with van der Waals surface area (Å²) in [4.78, 5) is 8.54. The van der Waals surface area contributed by atoms with Gasteiger partial charge >= 0.3 is 0 Å². The van der Waals surface area contributed by atoms with Gasteiger partial charge in [0.15, 0.2) is 0 Å². The van der Waals surface area contributed by atoms with Crippen LogP contribution in [-0.4, -0.2) is 19.7 Å². The Kier molecular flexibility index (Phi) is 3.82. The van der Waals surface area contributed by atoms with Crippen LogP contribution in [0.25, 0.3) is 0 Å². The van der Waals surface area contributed by atoms with E-state index in [0.29, 0.717) is 6.54 Å². The molecule has 0 saturated heterocycles. The van der Waals surface area contributed by atoms with Crippen LogP contribution in [0.1, 0.15) is 31.4 Å². The van der Waals surface area contributed by atoms with E-state index in [2.05, 4.69) is 34.2 Å². The van der Waals surface area contributed by atoms with Gasteiger partial charge in [-0.2, -0.15) is 5.10 Å². The number of hydrogen-bond acceptors (Lipinski definition) is 4. The van der Waals surface area contributed by atoms with Gasteiger partial charge in [-0.15, -0.1) is 0 Å². The van der Waals surface area contributed by atoms with Crippen LogP contribution in [0.4, 0.5) is 0 Å². The number of aromatic nitrogens is 4. The average molecular weight is 231 g/mol. The second-order valence-electron chi connectivity index (χ2n) is 3.85. The molecule has 0 aromatic carbocycles. The molecule has 0 fully saturated rings. The highest BCUT2D eigenvalue weighted by Crippen LogP contribution is 2.08. The molecule has 90 valence electrons. The third kappa shape index (κ3) is 2.88. The maximum atomic E-state index is 4.32. The van der Waals surface area contributed by atoms with Crippen LogP contribution in [0.3, 0.4) is 0 Å². The molecule has 5 heteroatoms. The highest BCUT2D eigenvalue weighted by Gasteiger charge is 2.08. The summed E-state index contributed by atoms with van der Waals surface area (Å²) >= 11 is 0. The Bertz CT molecular complexity index is 451. The normalized spacial score (nSPS) is 12.6. The van der Waals surface area contributed by atoms with Gasteiger partial charge in [0.1, 0.15) is 12.2 Å². The molecule has 0 aliphatic carbocycles. The fraction of sp³-hybridized carbons (Fsp3) is 0.417. The molecule has 0 amide bonds. The minimum Gasteiger partial charge on any atom is -0.302 e. The van der Waals surface area contributed by atoms with E-state index >= 15 is 0 Å². The van der Waals surface area contributed by atoms with Crippen molar-refractivity contribution in [1.29, 1.82) is 0 Å². The van der Waals surface area contributed by atoms with Crippen molar-refractivity contribution in [3.05, 3.63) is 42.2 Å². The molecule has 5 nitrogen and oxygen atoms in total. The Labute approximate surface area is 101 Å². The average Bonchev–Trinajstić information content (AvgIpc) is 2.84. The summed E-state index contributed by atoms with van der Waals surface area (Å²) in [5.41, 5.74) is 1.04. The Morgan fingerprint density at radius 1 is 1.35 bits per heavy atom. The minimum absolute atomic E-state index is 0.207. The summed E-state index contributed by atoms with van der Waals surface area (Å²) in [6.45, 7) is 5.69. The van der Waals surface area contributed by atoms with Gasteiger partial charge in [0.2, 0.25) is 0 Å². The smallest absolute Gasteiger partial charge is 0.140 e. The highest BCUT2D eigenvalue weighted by atomic mass is 15.3. The first-order valence-corrected chi connectivity index (χ1v) is 5.82. The van der Waals surface area contributed by atoms with Crippen LogP contribution in [0, 0.1) is 0 Å². The summed E-state index contributed by atoms with van der Waals surface area (Å²) in [6.07, 6.45) is 3.40. The van der Waals surface area contributed by atoms with E-state index in [0.717, 1.165) is 18.1 Å². The topological polar surface area (TPSA) is 55.6 Å². The lowest BCUT2D eigenvalue weighted by atomic mass is 10.2. The van der Waals surface area contributed by atoms with Gasteiger partial charge < -0.3 is 5.32 Å². The van der Waals surface area contributed by atoms with E-state index in [1.807, 2.05) is 29.1 Å². The van der Waals surface area contributed by atoms with Crippen molar-refractivity contribution in [2.45, 2.75) is 33.0 Å². The first-order valence-electron chi connectivity index (χ1n) is 5.82. The lowest BCUT2D eigenvalue weighted by molar-refractivity contribution is 0.516. The third-order valence-electron chi connectivity index (χ3n) is 2.69. The van der Waals surface area contributed by atoms with Gasteiger partial charge in [-0.1, -0.05) is 6.07 Å². The molecule has 2 aromatic rings. The van der Waals surface area contributed by atoms with E-state index in [-0.39, 0.29) is 6.04 Å². The summed E-state index contributed by atoms with van der Waals surface area (Å²) < 4.78 is 1.89. The minimum atomic E-state index is 0.207. The van der Waals surface area contributed by atoms with E-state index in [4.69, 9.17) is 0 Å². The number of rotatable bonds is 5. The zero-order chi connectivity index (χ0) is 12.1. The second kappa shape index (κ2) is 5.54. The lowest BCUT2D eigenvalue weighted by Gasteiger charge is -2.12. The van der Waals surface area contributed by atoms with Gasteiger partial charge in [0.25, 0.3) is 0 Å². The molecular weight excluding hydrogens is 214 g/mol. The van der Waals surface area contributed by atoms with Crippen molar-refractivity contribution >= 4 is 0 Å². The maximum absolute atomic E-state index is 4.32. The summed E-state index contributed by atoms with van der Waals surface area (Å²) in [7, 11) is 0. The molecule has 17 heavy (non-hydrogen) atoms. The number of aryl methyl sites for hydroxylation is 1. The lowest BCUT2D eigenvalue weighted by Crippen LogP contribution is -2.21. The standard InChI is InChI=1S/C12H17N5/c1-3-17-12(15-9-16-17)8-14-10(2)11-6-4-5-7-13-11/h4-7,9-10,14H,3,8H2,1-2H3/t10-/m0/s1. The molecule has 0 aliphatic rings. The zero-order valence-electron chi connectivity index (χ0n) is 10.2. The van der Waals surface area contributed by atoms with Crippen LogP contribution in [0.5, 0.6) is 0 Å². The van der Waals surface area contributed by atoms with Crippen molar-refractivity contribution in [2.75, 3.05) is 0 Å². The predicted octanol–water partition coefficient (Wildman–Crippen LogP) is 1.54. The highest BCUT2D eigenvalue weighted by molar-refractivity contribution is 5.07. The Morgan fingerprint density at radius 3 is 2.94 bits per heavy atom. The number of nitrogens with zero attached hydrogens (tertiary/aromatic N) is 4. The van der Waals surface area contributed by atoms with Gasteiger partial charge in [-0.3, -0.25) is 4.98 Å². The van der Waals surface area contributed by atoms with Crippen molar-refractivity contribution in [3.63, 3.8) is 0 Å². The van der Waals surface area contributed by atoms with Crippen LogP contribution >= 0.6 is 0 Å². The predicted molar refractivity (Wildman–Crippen MR) is 65.2 cm³/mol. The molecule has 0 saturated carbocycles. The van der Waals surface area contributed by atoms with E-state index in [1.54, 1.807) is 6.33 Å². The molecule has 0 unspecified atom stereocenters. The Morgan fingerprint density at radius 2 is 2.24 bits per heavy atom. The van der Waals surface area contributed by atoms with Crippen molar-refractivity contribution < 1.29 is 0 Å². The van der Waals surface area contributed by atoms with E-state index in [9.17, 15) is 0 Å². The van der Waals surface area contributed by atoms with Gasteiger partial charge in [-0.05, 0) is 26.0 Å². The summed E-state index contributed by atoms with van der Waals surface area (Å²) in [5.74, 6) is 0.954. The van der Waals surface area contributed by atoms with Crippen molar-refractivity contribution in [2.24, 2.45) is 0 Å². The molecule has 0 spiro atoms. The molecule has 0 radical (unpaired) electrons. The Hall–Kier alpha value is -1.75. The zero-order valence-corrected chi connectivity index (χ0v) is 10.2. The first-order chi connectivity index (χ1) is 8.31. The molecular formula is C12H17N5. The molecule has 1 atom stereocenters. The van der Waals surface area contributed by atoms with Gasteiger partial charge in [-0.25, -0.2) is 9.67 Å². The quantitative estimate of drug-likeness (QED) is 0.848. The van der Waals surface area contributed by atoms with Crippen LogP contribution < -0.4 is 5.32 Å². The Balaban J connectivity index is 1.95. The van der Waals surface area contributed by atoms with Gasteiger partial charge in [0, 0.05) is 18.8 Å². The SMILES string of the molecule is CCn1ncnc1CN[C@@H](C)c1ccccn1. The van der Waals surface area contributed by atoms with Gasteiger partial charge in [0.05, 0.1) is 12.2 Å². The maximum Gasteiger partial charge on any atom is 0.140 e. The summed E-state index contributed by atoms with van der Waals surface area (Å²) in [6, 6.07) is 6.14. The molecule has 1 N–H and O–H groups in total. The van der Waals surface area contributed by atoms with Crippen molar-refractivity contribution in [3.8, 4) is 0 Å². The van der Waals surface area contributed by atoms with Crippen LogP contribution in [-0.2, 0) is 13.1 Å². The monoisotopic (exact) mass is 231 g/mol. The second-order valence-corrected chi connectivity index (χ2v) is 3.85. The molecule has 0 bridgehead atoms.